The zero-order valence-corrected chi connectivity index (χ0v) is 17.1. The van der Waals surface area contributed by atoms with Crippen LogP contribution in [0.4, 0.5) is 0 Å². The summed E-state index contributed by atoms with van der Waals surface area (Å²) in [6.07, 6.45) is 0. The summed E-state index contributed by atoms with van der Waals surface area (Å²) in [7, 11) is 4.15. The Balaban J connectivity index is 0.000000223. The lowest BCUT2D eigenvalue weighted by atomic mass is 10.2. The fourth-order valence-electron chi connectivity index (χ4n) is 3.09. The Morgan fingerprint density at radius 1 is 0.815 bits per heavy atom. The molecule has 0 N–H and O–H groups in total. The Morgan fingerprint density at radius 3 is 1.74 bits per heavy atom. The summed E-state index contributed by atoms with van der Waals surface area (Å²) in [5, 5.41) is 0. The summed E-state index contributed by atoms with van der Waals surface area (Å²) < 4.78 is 16.3. The topological polar surface area (TPSA) is 37.4 Å². The van der Waals surface area contributed by atoms with Crippen molar-refractivity contribution in [2.75, 3.05) is 93.0 Å². The Hall–Kier alpha value is -1.02. The van der Waals surface area contributed by atoms with E-state index in [1.807, 2.05) is 6.07 Å². The van der Waals surface area contributed by atoms with Gasteiger partial charge in [-0.3, -0.25) is 9.80 Å². The highest BCUT2D eigenvalue weighted by molar-refractivity contribution is 5.14. The summed E-state index contributed by atoms with van der Waals surface area (Å²) in [5.74, 6) is 0. The van der Waals surface area contributed by atoms with Crippen molar-refractivity contribution in [2.45, 2.75) is 6.54 Å². The largest absolute Gasteiger partial charge is 0.379 e. The van der Waals surface area contributed by atoms with E-state index in [9.17, 15) is 0 Å². The fraction of sp³-hybridized carbons (Fsp3) is 0.714. The molecule has 154 valence electrons. The van der Waals surface area contributed by atoms with Crippen molar-refractivity contribution in [1.29, 1.82) is 0 Å². The van der Waals surface area contributed by atoms with E-state index in [-0.39, 0.29) is 0 Å². The lowest BCUT2D eigenvalue weighted by Gasteiger charge is -2.27. The van der Waals surface area contributed by atoms with Crippen LogP contribution in [0.15, 0.2) is 30.3 Å². The Labute approximate surface area is 165 Å². The van der Waals surface area contributed by atoms with Crippen LogP contribution in [0.25, 0.3) is 0 Å². The molecule has 2 fully saturated rings. The van der Waals surface area contributed by atoms with Crippen molar-refractivity contribution in [3.63, 3.8) is 0 Å². The van der Waals surface area contributed by atoms with Gasteiger partial charge in [0.15, 0.2) is 0 Å². The van der Waals surface area contributed by atoms with E-state index in [0.717, 1.165) is 85.5 Å². The monoisotopic (exact) mass is 379 g/mol. The third kappa shape index (κ3) is 10.8. The highest BCUT2D eigenvalue weighted by Crippen LogP contribution is 2.00. The van der Waals surface area contributed by atoms with Gasteiger partial charge in [0.25, 0.3) is 0 Å². The molecule has 6 nitrogen and oxygen atoms in total. The number of morpholine rings is 2. The van der Waals surface area contributed by atoms with Crippen LogP contribution in [-0.4, -0.2) is 108 Å². The van der Waals surface area contributed by atoms with Crippen LogP contribution in [0.2, 0.25) is 0 Å². The van der Waals surface area contributed by atoms with Gasteiger partial charge in [0.05, 0.1) is 39.6 Å². The second-order valence-electron chi connectivity index (χ2n) is 7.24. The molecule has 1 aromatic carbocycles. The van der Waals surface area contributed by atoms with Crippen LogP contribution < -0.4 is 0 Å². The van der Waals surface area contributed by atoms with Crippen molar-refractivity contribution in [3.8, 4) is 0 Å². The van der Waals surface area contributed by atoms with Gasteiger partial charge in [-0.2, -0.15) is 0 Å². The van der Waals surface area contributed by atoms with E-state index >= 15 is 0 Å². The highest BCUT2D eigenvalue weighted by Gasteiger charge is 2.11. The molecule has 0 bridgehead atoms. The van der Waals surface area contributed by atoms with Gasteiger partial charge in [0.2, 0.25) is 0 Å². The van der Waals surface area contributed by atoms with Crippen LogP contribution in [0.3, 0.4) is 0 Å². The maximum atomic E-state index is 5.67. The Morgan fingerprint density at radius 2 is 1.30 bits per heavy atom. The van der Waals surface area contributed by atoms with Crippen molar-refractivity contribution >= 4 is 0 Å². The summed E-state index contributed by atoms with van der Waals surface area (Å²) in [5.41, 5.74) is 1.37. The minimum absolute atomic E-state index is 0.838. The summed E-state index contributed by atoms with van der Waals surface area (Å²) >= 11 is 0. The molecular weight excluding hydrogens is 342 g/mol. The van der Waals surface area contributed by atoms with Crippen LogP contribution in [0, 0.1) is 0 Å². The van der Waals surface area contributed by atoms with Gasteiger partial charge in [-0.05, 0) is 19.7 Å². The molecule has 2 aliphatic heterocycles. The zero-order valence-electron chi connectivity index (χ0n) is 17.1. The van der Waals surface area contributed by atoms with Crippen LogP contribution in [-0.2, 0) is 20.8 Å². The Kier molecular flexibility index (Phi) is 11.6. The van der Waals surface area contributed by atoms with Crippen LogP contribution in [0.5, 0.6) is 0 Å². The first-order chi connectivity index (χ1) is 13.2. The van der Waals surface area contributed by atoms with E-state index in [0.29, 0.717) is 0 Å². The molecule has 1 aromatic rings. The molecule has 2 aliphatic rings. The van der Waals surface area contributed by atoms with E-state index in [1.165, 1.54) is 5.56 Å². The highest BCUT2D eigenvalue weighted by atomic mass is 16.5. The van der Waals surface area contributed by atoms with Gasteiger partial charge in [-0.25, -0.2) is 0 Å². The van der Waals surface area contributed by atoms with E-state index in [1.54, 1.807) is 0 Å². The van der Waals surface area contributed by atoms with Gasteiger partial charge < -0.3 is 19.1 Å². The zero-order chi connectivity index (χ0) is 19.2. The molecule has 3 rings (SSSR count). The summed E-state index contributed by atoms with van der Waals surface area (Å²) in [4.78, 5) is 6.96. The first kappa shape index (κ1) is 22.3. The predicted octanol–water partition coefficient (Wildman–Crippen LogP) is 1.42. The molecule has 0 unspecified atom stereocenters. The maximum absolute atomic E-state index is 5.67. The number of ether oxygens (including phenoxy) is 3. The average Bonchev–Trinajstić information content (AvgIpc) is 2.70. The minimum atomic E-state index is 0.838. The number of benzene rings is 1. The van der Waals surface area contributed by atoms with Crippen molar-refractivity contribution in [3.05, 3.63) is 35.9 Å². The SMILES string of the molecule is C1CN(CCOCCN2CCOCC2)CCO1.CN(C)Cc1ccccc1. The van der Waals surface area contributed by atoms with Gasteiger partial charge in [0.1, 0.15) is 0 Å². The number of nitrogens with zero attached hydrogens (tertiary/aromatic N) is 3. The van der Waals surface area contributed by atoms with E-state index < -0.39 is 0 Å². The van der Waals surface area contributed by atoms with Crippen LogP contribution >= 0.6 is 0 Å². The quantitative estimate of drug-likeness (QED) is 0.636. The molecule has 0 radical (unpaired) electrons. The maximum Gasteiger partial charge on any atom is 0.0594 e. The van der Waals surface area contributed by atoms with Crippen molar-refractivity contribution in [2.24, 2.45) is 0 Å². The normalized spacial score (nSPS) is 18.9. The second-order valence-corrected chi connectivity index (χ2v) is 7.24. The van der Waals surface area contributed by atoms with Gasteiger partial charge in [-0.15, -0.1) is 0 Å². The molecule has 6 heteroatoms. The standard InChI is InChI=1S/C12H24N2O3.C9H13N/c1-7-15-8-2-13(1)5-11-17-12-6-14-3-9-16-10-4-14;1-10(2)8-9-6-4-3-5-7-9/h1-12H2;3-7H,8H2,1-2H3. The van der Waals surface area contributed by atoms with Gasteiger partial charge in [-0.1, -0.05) is 30.3 Å². The lowest BCUT2D eigenvalue weighted by molar-refractivity contribution is 0.00538. The third-order valence-corrected chi connectivity index (χ3v) is 4.65. The fourth-order valence-corrected chi connectivity index (χ4v) is 3.09. The molecule has 0 amide bonds. The lowest BCUT2D eigenvalue weighted by Crippen LogP contribution is -2.40. The summed E-state index contributed by atoms with van der Waals surface area (Å²) in [6.45, 7) is 12.4. The molecule has 2 saturated heterocycles. The molecule has 0 atom stereocenters. The van der Waals surface area contributed by atoms with E-state index in [2.05, 4.69) is 53.1 Å². The van der Waals surface area contributed by atoms with Crippen molar-refractivity contribution < 1.29 is 14.2 Å². The number of hydrogen-bond acceptors (Lipinski definition) is 6. The van der Waals surface area contributed by atoms with Gasteiger partial charge in [0, 0.05) is 45.8 Å². The van der Waals surface area contributed by atoms with Crippen LogP contribution in [0.1, 0.15) is 5.56 Å². The van der Waals surface area contributed by atoms with Crippen molar-refractivity contribution in [1.82, 2.24) is 14.7 Å². The third-order valence-electron chi connectivity index (χ3n) is 4.65. The molecule has 0 saturated carbocycles. The number of hydrogen-bond donors (Lipinski definition) is 0. The molecular formula is C21H37N3O3. The average molecular weight is 380 g/mol. The second kappa shape index (κ2) is 14.0. The van der Waals surface area contributed by atoms with Gasteiger partial charge >= 0.3 is 0 Å². The molecule has 27 heavy (non-hydrogen) atoms. The molecule has 0 aliphatic carbocycles. The molecule has 2 heterocycles. The number of rotatable bonds is 8. The van der Waals surface area contributed by atoms with E-state index in [4.69, 9.17) is 14.2 Å². The predicted molar refractivity (Wildman–Crippen MR) is 109 cm³/mol. The molecule has 0 spiro atoms. The first-order valence-corrected chi connectivity index (χ1v) is 10.1. The first-order valence-electron chi connectivity index (χ1n) is 10.1. The smallest absolute Gasteiger partial charge is 0.0594 e. The summed E-state index contributed by atoms with van der Waals surface area (Å²) in [6, 6.07) is 10.5. The Bertz CT molecular complexity index is 441. The minimum Gasteiger partial charge on any atom is -0.379 e. The molecule has 0 aromatic heterocycles.